The molecule has 0 radical (unpaired) electrons. The van der Waals surface area contributed by atoms with E-state index in [1.165, 1.54) is 0 Å². The Kier molecular flexibility index (Phi) is 11.1. The second-order valence-electron chi connectivity index (χ2n) is 16.3. The van der Waals surface area contributed by atoms with E-state index in [0.717, 1.165) is 22.2 Å². The van der Waals surface area contributed by atoms with Gasteiger partial charge < -0.3 is 30.3 Å². The minimum absolute atomic E-state index is 0.0537. The molecule has 2 saturated heterocycles. The molecule has 6 aromatic carbocycles. The monoisotopic (exact) mass is 864 g/mol. The highest BCUT2D eigenvalue weighted by atomic mass is 16.6. The Morgan fingerprint density at radius 3 is 2.31 bits per heavy atom. The highest BCUT2D eigenvalue weighted by molar-refractivity contribution is 6.12. The molecule has 0 saturated carbocycles. The van der Waals surface area contributed by atoms with Crippen LogP contribution >= 0.6 is 0 Å². The summed E-state index contributed by atoms with van der Waals surface area (Å²) in [5, 5.41) is 36.0. The Morgan fingerprint density at radius 2 is 1.54 bits per heavy atom. The number of para-hydroxylation sites is 2. The number of ether oxygens (including phenoxy) is 2. The quantitative estimate of drug-likeness (QED) is 0.0898. The summed E-state index contributed by atoms with van der Waals surface area (Å²) in [5.41, 5.74) is 3.81. The molecule has 4 heterocycles. The fourth-order valence-corrected chi connectivity index (χ4v) is 9.99. The molecule has 1 aromatic heterocycles. The number of hydrogen-bond donors (Lipinski definition) is 4. The van der Waals surface area contributed by atoms with E-state index < -0.39 is 59.5 Å². The second kappa shape index (κ2) is 17.5. The maximum absolute atomic E-state index is 15.6. The first-order valence-corrected chi connectivity index (χ1v) is 21.5. The molecule has 7 atom stereocenters. The van der Waals surface area contributed by atoms with E-state index in [2.05, 4.69) is 32.8 Å². The molecule has 13 heteroatoms. The van der Waals surface area contributed by atoms with Crippen molar-refractivity contribution in [3.63, 3.8) is 0 Å². The van der Waals surface area contributed by atoms with Gasteiger partial charge in [0.1, 0.15) is 42.0 Å². The number of nitrogens with one attached hydrogen (secondary N) is 2. The molecule has 13 nitrogen and oxygen atoms in total. The Hall–Kier alpha value is -7.63. The van der Waals surface area contributed by atoms with Crippen LogP contribution in [0.25, 0.3) is 11.0 Å². The van der Waals surface area contributed by atoms with Gasteiger partial charge in [-0.25, -0.2) is 4.68 Å². The van der Waals surface area contributed by atoms with Crippen LogP contribution in [0.4, 0.5) is 5.69 Å². The molecular formula is C52H44N6O7. The SMILES string of the molecule is O=C1O[C@@H](c2ccccc2)[C@@H](c2ccccc2)N2[C@@H](c3ccccc3OCCO)[C@]3(C(=O)Nc4ccc(C#CCn5nnc6ccccc65)cc43)[C@@H](C(=O)NC[C@H](O)c3ccccc3)[C@H]12. The van der Waals surface area contributed by atoms with Crippen LogP contribution < -0.4 is 15.4 Å². The summed E-state index contributed by atoms with van der Waals surface area (Å²) in [5.74, 6) is 3.58. The maximum atomic E-state index is 15.6. The fraction of sp³-hybridized carbons (Fsp3) is 0.212. The molecule has 10 rings (SSSR count). The standard InChI is InChI=1S/C52H44N6O7/c59-29-30-64-43-25-13-10-22-37(43)48-52(38-31-33(26-27-39(38)54-51(52)63)15-14-28-57-41-24-12-11-23-40(41)55-56-57)44(49(61)53-32-42(60)34-16-4-1-5-17-34)46-50(62)65-47(36-20-8-3-9-21-36)45(58(46)48)35-18-6-2-7-19-35/h1-13,16-27,31,42,44-48,59-60H,28-30,32H2,(H,53,61)(H,54,63)/t42-,44+,45+,46+,47-,48-,52+/m0/s1. The van der Waals surface area contributed by atoms with Gasteiger partial charge in [0.2, 0.25) is 11.8 Å². The van der Waals surface area contributed by atoms with Crippen molar-refractivity contribution in [2.24, 2.45) is 5.92 Å². The van der Waals surface area contributed by atoms with Gasteiger partial charge in [-0.2, -0.15) is 0 Å². The number of aliphatic hydroxyl groups excluding tert-OH is 2. The van der Waals surface area contributed by atoms with Gasteiger partial charge in [0.15, 0.2) is 0 Å². The van der Waals surface area contributed by atoms with Crippen molar-refractivity contribution in [1.29, 1.82) is 0 Å². The normalized spacial score (nSPS) is 22.6. The number of benzene rings is 6. The minimum Gasteiger partial charge on any atom is -0.491 e. The molecule has 3 aliphatic rings. The number of rotatable bonds is 11. The lowest BCUT2D eigenvalue weighted by Crippen LogP contribution is -2.55. The number of amides is 2. The number of aliphatic hydroxyl groups is 2. The number of nitrogens with zero attached hydrogens (tertiary/aromatic N) is 4. The highest BCUT2D eigenvalue weighted by Gasteiger charge is 2.74. The summed E-state index contributed by atoms with van der Waals surface area (Å²) >= 11 is 0. The van der Waals surface area contributed by atoms with Gasteiger partial charge in [0.05, 0.1) is 36.2 Å². The molecule has 0 aliphatic carbocycles. The Labute approximate surface area is 374 Å². The second-order valence-corrected chi connectivity index (χ2v) is 16.3. The van der Waals surface area contributed by atoms with Crippen LogP contribution in [0.5, 0.6) is 5.75 Å². The van der Waals surface area contributed by atoms with Crippen LogP contribution in [0.15, 0.2) is 158 Å². The molecular weight excluding hydrogens is 821 g/mol. The maximum Gasteiger partial charge on any atom is 0.324 e. The molecule has 4 N–H and O–H groups in total. The average Bonchev–Trinajstić information content (AvgIpc) is 4.00. The third-order valence-electron chi connectivity index (χ3n) is 12.7. The van der Waals surface area contributed by atoms with E-state index in [1.807, 2.05) is 114 Å². The van der Waals surface area contributed by atoms with E-state index in [4.69, 9.17) is 9.47 Å². The van der Waals surface area contributed by atoms with Gasteiger partial charge >= 0.3 is 5.97 Å². The predicted molar refractivity (Wildman–Crippen MR) is 241 cm³/mol. The summed E-state index contributed by atoms with van der Waals surface area (Å²) in [4.78, 5) is 48.3. The van der Waals surface area contributed by atoms with Crippen LogP contribution in [0.1, 0.15) is 57.7 Å². The molecule has 0 bridgehead atoms. The summed E-state index contributed by atoms with van der Waals surface area (Å²) in [7, 11) is 0. The van der Waals surface area contributed by atoms with Crippen LogP contribution in [0.3, 0.4) is 0 Å². The Morgan fingerprint density at radius 1 is 0.846 bits per heavy atom. The number of carbonyl (C=O) groups excluding carboxylic acids is 3. The Bertz CT molecular complexity index is 2950. The van der Waals surface area contributed by atoms with Gasteiger partial charge in [0.25, 0.3) is 0 Å². The first-order chi connectivity index (χ1) is 31.9. The van der Waals surface area contributed by atoms with E-state index >= 15 is 14.4 Å². The summed E-state index contributed by atoms with van der Waals surface area (Å²) in [6.07, 6.45) is -1.97. The highest BCUT2D eigenvalue weighted by Crippen LogP contribution is 2.65. The Balaban J connectivity index is 1.19. The van der Waals surface area contributed by atoms with Crippen molar-refractivity contribution in [2.75, 3.05) is 25.1 Å². The van der Waals surface area contributed by atoms with Gasteiger partial charge in [-0.1, -0.05) is 138 Å². The van der Waals surface area contributed by atoms with Crippen molar-refractivity contribution in [2.45, 2.75) is 42.3 Å². The van der Waals surface area contributed by atoms with E-state index in [1.54, 1.807) is 53.2 Å². The van der Waals surface area contributed by atoms with Crippen molar-refractivity contribution in [3.8, 4) is 17.6 Å². The fourth-order valence-electron chi connectivity index (χ4n) is 9.99. The number of aromatic nitrogens is 3. The molecule has 65 heavy (non-hydrogen) atoms. The number of anilines is 1. The first kappa shape index (κ1) is 41.4. The van der Waals surface area contributed by atoms with Crippen LogP contribution in [-0.2, 0) is 31.1 Å². The van der Waals surface area contributed by atoms with Gasteiger partial charge in [0, 0.05) is 23.4 Å². The number of morpholine rings is 1. The zero-order chi connectivity index (χ0) is 44.5. The molecule has 7 aromatic rings. The van der Waals surface area contributed by atoms with Gasteiger partial charge in [-0.05, 0) is 58.7 Å². The third kappa shape index (κ3) is 7.27. The molecule has 2 amide bonds. The topological polar surface area (TPSA) is 168 Å². The van der Waals surface area contributed by atoms with Crippen LogP contribution in [0, 0.1) is 17.8 Å². The number of fused-ring (bicyclic) bond motifs is 4. The van der Waals surface area contributed by atoms with E-state index in [-0.39, 0.29) is 26.3 Å². The zero-order valence-corrected chi connectivity index (χ0v) is 35.0. The lowest BCUT2D eigenvalue weighted by atomic mass is 9.65. The molecule has 0 unspecified atom stereocenters. The average molecular weight is 865 g/mol. The first-order valence-electron chi connectivity index (χ1n) is 21.5. The van der Waals surface area contributed by atoms with E-state index in [9.17, 15) is 10.2 Å². The number of esters is 1. The van der Waals surface area contributed by atoms with Crippen molar-refractivity contribution >= 4 is 34.5 Å². The smallest absolute Gasteiger partial charge is 0.324 e. The number of cyclic esters (lactones) is 1. The van der Waals surface area contributed by atoms with Crippen LogP contribution in [0.2, 0.25) is 0 Å². The zero-order valence-electron chi connectivity index (χ0n) is 35.0. The largest absolute Gasteiger partial charge is 0.491 e. The van der Waals surface area contributed by atoms with Crippen molar-refractivity contribution < 1.29 is 34.1 Å². The van der Waals surface area contributed by atoms with Crippen molar-refractivity contribution in [3.05, 3.63) is 191 Å². The lowest BCUT2D eigenvalue weighted by molar-refractivity contribution is -0.178. The molecule has 324 valence electrons. The summed E-state index contributed by atoms with van der Waals surface area (Å²) in [6.45, 7) is -0.310. The van der Waals surface area contributed by atoms with Crippen molar-refractivity contribution in [1.82, 2.24) is 25.2 Å². The molecule has 2 fully saturated rings. The van der Waals surface area contributed by atoms with Gasteiger partial charge in [-0.15, -0.1) is 5.10 Å². The number of hydrogen-bond acceptors (Lipinski definition) is 10. The lowest BCUT2D eigenvalue weighted by Gasteiger charge is -2.46. The van der Waals surface area contributed by atoms with E-state index in [0.29, 0.717) is 33.7 Å². The van der Waals surface area contributed by atoms with Gasteiger partial charge in [-0.3, -0.25) is 19.3 Å². The summed E-state index contributed by atoms with van der Waals surface area (Å²) < 4.78 is 14.5. The molecule has 3 aliphatic heterocycles. The van der Waals surface area contributed by atoms with Crippen LogP contribution in [-0.4, -0.2) is 73.7 Å². The molecule has 1 spiro atoms. The summed E-state index contributed by atoms with van der Waals surface area (Å²) in [6, 6.07) is 45.1. The number of carbonyl (C=O) groups is 3. The predicted octanol–water partition coefficient (Wildman–Crippen LogP) is 5.97. The minimum atomic E-state index is -1.84. The third-order valence-corrected chi connectivity index (χ3v) is 12.7.